The summed E-state index contributed by atoms with van der Waals surface area (Å²) in [6.07, 6.45) is 1.64. The number of fused-ring (bicyclic) bond motifs is 1. The largest absolute Gasteiger partial charge is 0.368 e. The van der Waals surface area contributed by atoms with Crippen molar-refractivity contribution in [2.75, 3.05) is 11.9 Å². The minimum atomic E-state index is 0.447. The summed E-state index contributed by atoms with van der Waals surface area (Å²) in [4.78, 5) is 8.72. The monoisotopic (exact) mass is 283 g/mol. The maximum atomic E-state index is 4.37. The number of hydrogen-bond acceptors (Lipinski definition) is 4. The number of aryl methyl sites for hydroxylation is 1. The van der Waals surface area contributed by atoms with E-state index in [1.807, 2.05) is 6.07 Å². The van der Waals surface area contributed by atoms with Crippen LogP contribution >= 0.6 is 11.3 Å². The van der Waals surface area contributed by atoms with E-state index in [9.17, 15) is 0 Å². The van der Waals surface area contributed by atoms with Gasteiger partial charge in [0, 0.05) is 6.54 Å². The van der Waals surface area contributed by atoms with Gasteiger partial charge in [-0.15, -0.1) is 11.3 Å². The standard InChI is InChI=1S/C16H17N3S/c1-11(13-6-4-3-5-7-13)8-17-16-15-14(18-10-19-16)12(2)9-20-15/h3-7,9-11H,8H2,1-2H3,(H,17,18,19). The summed E-state index contributed by atoms with van der Waals surface area (Å²) >= 11 is 1.70. The molecule has 3 aromatic rings. The number of benzene rings is 1. The molecule has 0 spiro atoms. The van der Waals surface area contributed by atoms with Crippen molar-refractivity contribution >= 4 is 27.4 Å². The fourth-order valence-electron chi connectivity index (χ4n) is 2.24. The van der Waals surface area contributed by atoms with Gasteiger partial charge in [0.2, 0.25) is 0 Å². The molecule has 0 saturated carbocycles. The van der Waals surface area contributed by atoms with Gasteiger partial charge in [-0.25, -0.2) is 9.97 Å². The van der Waals surface area contributed by atoms with Crippen LogP contribution in [-0.4, -0.2) is 16.5 Å². The zero-order chi connectivity index (χ0) is 13.9. The van der Waals surface area contributed by atoms with E-state index in [1.54, 1.807) is 17.7 Å². The number of thiophene rings is 1. The van der Waals surface area contributed by atoms with Crippen LogP contribution in [0.3, 0.4) is 0 Å². The van der Waals surface area contributed by atoms with Crippen molar-refractivity contribution in [3.63, 3.8) is 0 Å². The molecule has 0 bridgehead atoms. The number of hydrogen-bond donors (Lipinski definition) is 1. The number of nitrogens with one attached hydrogen (secondary N) is 1. The van der Waals surface area contributed by atoms with Gasteiger partial charge in [0.25, 0.3) is 0 Å². The molecule has 1 unspecified atom stereocenters. The molecule has 102 valence electrons. The summed E-state index contributed by atoms with van der Waals surface area (Å²) in [5.41, 5.74) is 3.61. The number of aromatic nitrogens is 2. The molecule has 3 nitrogen and oxygen atoms in total. The molecule has 0 saturated heterocycles. The lowest BCUT2D eigenvalue weighted by atomic mass is 10.0. The van der Waals surface area contributed by atoms with E-state index in [-0.39, 0.29) is 0 Å². The lowest BCUT2D eigenvalue weighted by Crippen LogP contribution is -2.10. The molecule has 0 radical (unpaired) electrons. The second-order valence-corrected chi connectivity index (χ2v) is 5.89. The molecule has 2 aromatic heterocycles. The molecular formula is C16H17N3S. The maximum Gasteiger partial charge on any atom is 0.147 e. The van der Waals surface area contributed by atoms with Gasteiger partial charge in [0.1, 0.15) is 12.1 Å². The van der Waals surface area contributed by atoms with E-state index >= 15 is 0 Å². The fraction of sp³-hybridized carbons (Fsp3) is 0.250. The SMILES string of the molecule is Cc1csc2c(NCC(C)c3ccccc3)ncnc12. The third kappa shape index (κ3) is 2.51. The minimum Gasteiger partial charge on any atom is -0.368 e. The second kappa shape index (κ2) is 5.59. The van der Waals surface area contributed by atoms with Gasteiger partial charge >= 0.3 is 0 Å². The van der Waals surface area contributed by atoms with Crippen LogP contribution in [-0.2, 0) is 0 Å². The first-order valence-corrected chi connectivity index (χ1v) is 7.61. The summed E-state index contributed by atoms with van der Waals surface area (Å²) in [5.74, 6) is 1.39. The Morgan fingerprint density at radius 3 is 2.80 bits per heavy atom. The molecule has 4 heteroatoms. The van der Waals surface area contributed by atoms with Crippen LogP contribution in [0.15, 0.2) is 42.0 Å². The zero-order valence-electron chi connectivity index (χ0n) is 11.6. The van der Waals surface area contributed by atoms with Crippen LogP contribution < -0.4 is 5.32 Å². The van der Waals surface area contributed by atoms with Gasteiger partial charge in [0.05, 0.1) is 10.2 Å². The number of nitrogens with zero attached hydrogens (tertiary/aromatic N) is 2. The Kier molecular flexibility index (Phi) is 3.65. The lowest BCUT2D eigenvalue weighted by Gasteiger charge is -2.13. The first-order chi connectivity index (χ1) is 9.75. The van der Waals surface area contributed by atoms with Crippen molar-refractivity contribution in [3.8, 4) is 0 Å². The normalized spacial score (nSPS) is 12.5. The smallest absolute Gasteiger partial charge is 0.147 e. The molecule has 0 amide bonds. The van der Waals surface area contributed by atoms with E-state index in [1.165, 1.54) is 11.1 Å². The second-order valence-electron chi connectivity index (χ2n) is 5.01. The van der Waals surface area contributed by atoms with Crippen molar-refractivity contribution in [2.24, 2.45) is 0 Å². The van der Waals surface area contributed by atoms with Crippen molar-refractivity contribution in [1.29, 1.82) is 0 Å². The first kappa shape index (κ1) is 13.1. The molecule has 0 aliphatic rings. The van der Waals surface area contributed by atoms with Gasteiger partial charge in [0.15, 0.2) is 0 Å². The van der Waals surface area contributed by atoms with Crippen molar-refractivity contribution in [1.82, 2.24) is 9.97 Å². The molecule has 1 N–H and O–H groups in total. The molecule has 0 aliphatic carbocycles. The van der Waals surface area contributed by atoms with Crippen LogP contribution in [0.2, 0.25) is 0 Å². The quantitative estimate of drug-likeness (QED) is 0.779. The van der Waals surface area contributed by atoms with Gasteiger partial charge < -0.3 is 5.32 Å². The summed E-state index contributed by atoms with van der Waals surface area (Å²) < 4.78 is 1.14. The van der Waals surface area contributed by atoms with Crippen LogP contribution in [0.4, 0.5) is 5.82 Å². The third-order valence-corrected chi connectivity index (χ3v) is 4.57. The van der Waals surface area contributed by atoms with E-state index in [0.717, 1.165) is 22.6 Å². The number of rotatable bonds is 4. The van der Waals surface area contributed by atoms with Gasteiger partial charge in [-0.3, -0.25) is 0 Å². The van der Waals surface area contributed by atoms with Crippen LogP contribution in [0.25, 0.3) is 10.2 Å². The third-order valence-electron chi connectivity index (χ3n) is 3.48. The highest BCUT2D eigenvalue weighted by Gasteiger charge is 2.10. The van der Waals surface area contributed by atoms with Gasteiger partial charge in [-0.2, -0.15) is 0 Å². The lowest BCUT2D eigenvalue weighted by molar-refractivity contribution is 0.802. The highest BCUT2D eigenvalue weighted by atomic mass is 32.1. The fourth-order valence-corrected chi connectivity index (χ4v) is 3.21. The maximum absolute atomic E-state index is 4.37. The Labute approximate surface area is 122 Å². The first-order valence-electron chi connectivity index (χ1n) is 6.73. The molecule has 20 heavy (non-hydrogen) atoms. The Hall–Kier alpha value is -1.94. The molecule has 1 atom stereocenters. The molecular weight excluding hydrogens is 266 g/mol. The molecule has 0 fully saturated rings. The van der Waals surface area contributed by atoms with Crippen molar-refractivity contribution in [2.45, 2.75) is 19.8 Å². The van der Waals surface area contributed by atoms with Crippen molar-refractivity contribution < 1.29 is 0 Å². The summed E-state index contributed by atoms with van der Waals surface area (Å²) in [7, 11) is 0. The number of anilines is 1. The van der Waals surface area contributed by atoms with Crippen LogP contribution in [0.1, 0.15) is 24.0 Å². The average molecular weight is 283 g/mol. The summed E-state index contributed by atoms with van der Waals surface area (Å²) in [6.45, 7) is 5.18. The molecule has 2 heterocycles. The highest BCUT2D eigenvalue weighted by molar-refractivity contribution is 7.18. The van der Waals surface area contributed by atoms with Gasteiger partial charge in [-0.1, -0.05) is 37.3 Å². The topological polar surface area (TPSA) is 37.8 Å². The Bertz CT molecular complexity index is 706. The Morgan fingerprint density at radius 2 is 2.00 bits per heavy atom. The van der Waals surface area contributed by atoms with E-state index in [2.05, 4.69) is 58.8 Å². The zero-order valence-corrected chi connectivity index (χ0v) is 12.4. The Balaban J connectivity index is 1.77. The molecule has 3 rings (SSSR count). The van der Waals surface area contributed by atoms with Gasteiger partial charge in [-0.05, 0) is 29.3 Å². The summed E-state index contributed by atoms with van der Waals surface area (Å²) in [6, 6.07) is 10.5. The highest BCUT2D eigenvalue weighted by Crippen LogP contribution is 2.28. The average Bonchev–Trinajstić information content (AvgIpc) is 2.88. The van der Waals surface area contributed by atoms with Crippen LogP contribution in [0, 0.1) is 6.92 Å². The Morgan fingerprint density at radius 1 is 1.20 bits per heavy atom. The molecule has 1 aromatic carbocycles. The predicted molar refractivity (Wildman–Crippen MR) is 85.5 cm³/mol. The van der Waals surface area contributed by atoms with E-state index in [0.29, 0.717) is 5.92 Å². The molecule has 0 aliphatic heterocycles. The van der Waals surface area contributed by atoms with E-state index < -0.39 is 0 Å². The van der Waals surface area contributed by atoms with Crippen molar-refractivity contribution in [3.05, 3.63) is 53.2 Å². The predicted octanol–water partition coefficient (Wildman–Crippen LogP) is 4.22. The minimum absolute atomic E-state index is 0.447. The van der Waals surface area contributed by atoms with Crippen LogP contribution in [0.5, 0.6) is 0 Å². The van der Waals surface area contributed by atoms with E-state index in [4.69, 9.17) is 0 Å². The summed E-state index contributed by atoms with van der Waals surface area (Å²) in [5, 5.41) is 5.59.